The number of carbonyl (C=O) groups is 3. The van der Waals surface area contributed by atoms with E-state index in [-0.39, 0.29) is 17.9 Å². The molecule has 0 spiro atoms. The number of anilines is 1. The first-order valence-corrected chi connectivity index (χ1v) is 8.69. The number of nitrogens with two attached hydrogens (primary N) is 1. The Labute approximate surface area is 145 Å². The summed E-state index contributed by atoms with van der Waals surface area (Å²) in [6.07, 6.45) is 3.24. The molecule has 2 saturated carbocycles. The Balaban J connectivity index is 1.53. The maximum atomic E-state index is 12.7. The third-order valence-electron chi connectivity index (χ3n) is 6.04. The van der Waals surface area contributed by atoms with Gasteiger partial charge in [0, 0.05) is 11.7 Å². The van der Waals surface area contributed by atoms with Gasteiger partial charge in [-0.15, -0.1) is 0 Å². The number of urea groups is 1. The highest BCUT2D eigenvalue weighted by Crippen LogP contribution is 2.48. The van der Waals surface area contributed by atoms with E-state index in [1.807, 2.05) is 0 Å². The molecule has 1 aromatic carbocycles. The van der Waals surface area contributed by atoms with Crippen molar-refractivity contribution in [2.24, 2.45) is 23.5 Å². The fourth-order valence-corrected chi connectivity index (χ4v) is 4.60. The van der Waals surface area contributed by atoms with E-state index < -0.39 is 17.5 Å². The van der Waals surface area contributed by atoms with E-state index in [1.54, 1.807) is 31.2 Å². The van der Waals surface area contributed by atoms with Gasteiger partial charge in [-0.05, 0) is 55.7 Å². The van der Waals surface area contributed by atoms with Gasteiger partial charge in [-0.2, -0.15) is 0 Å². The highest BCUT2D eigenvalue weighted by molar-refractivity contribution is 6.07. The molecule has 7 nitrogen and oxygen atoms in total. The van der Waals surface area contributed by atoms with Gasteiger partial charge in [0.05, 0.1) is 5.92 Å². The molecule has 132 valence electrons. The first-order chi connectivity index (χ1) is 11.9. The zero-order valence-electron chi connectivity index (χ0n) is 14.0. The summed E-state index contributed by atoms with van der Waals surface area (Å²) in [5, 5.41) is 7.81. The quantitative estimate of drug-likeness (QED) is 0.615. The van der Waals surface area contributed by atoms with Crippen molar-refractivity contribution in [3.8, 4) is 0 Å². The second-order valence-electron chi connectivity index (χ2n) is 7.54. The Bertz CT molecular complexity index is 762. The highest BCUT2D eigenvalue weighted by Gasteiger charge is 2.49. The van der Waals surface area contributed by atoms with Crippen LogP contribution in [0.4, 0.5) is 10.5 Å². The average molecular weight is 342 g/mol. The Morgan fingerprint density at radius 1 is 1.28 bits per heavy atom. The van der Waals surface area contributed by atoms with Gasteiger partial charge in [-0.1, -0.05) is 12.1 Å². The number of imide groups is 1. The molecule has 7 heteroatoms. The number of carbonyl (C=O) groups excluding carboxylic acids is 3. The van der Waals surface area contributed by atoms with Crippen LogP contribution >= 0.6 is 0 Å². The smallest absolute Gasteiger partial charge is 0.322 e. The van der Waals surface area contributed by atoms with Gasteiger partial charge in [0.1, 0.15) is 5.54 Å². The molecular formula is C18H22N4O3. The predicted molar refractivity (Wildman–Crippen MR) is 91.4 cm³/mol. The van der Waals surface area contributed by atoms with Crippen molar-refractivity contribution in [3.63, 3.8) is 0 Å². The van der Waals surface area contributed by atoms with Crippen molar-refractivity contribution in [2.45, 2.75) is 37.8 Å². The molecule has 0 aromatic heterocycles. The van der Waals surface area contributed by atoms with Crippen molar-refractivity contribution in [3.05, 3.63) is 29.8 Å². The minimum absolute atomic E-state index is 0.0538. The van der Waals surface area contributed by atoms with Crippen LogP contribution in [0.5, 0.6) is 0 Å². The molecule has 1 saturated heterocycles. The summed E-state index contributed by atoms with van der Waals surface area (Å²) in [6, 6.07) is 6.42. The van der Waals surface area contributed by atoms with Crippen molar-refractivity contribution in [1.29, 1.82) is 0 Å². The molecule has 25 heavy (non-hydrogen) atoms. The van der Waals surface area contributed by atoms with E-state index in [0.717, 1.165) is 19.3 Å². The van der Waals surface area contributed by atoms with E-state index in [9.17, 15) is 14.4 Å². The van der Waals surface area contributed by atoms with Crippen LogP contribution in [-0.4, -0.2) is 23.9 Å². The number of fused-ring (bicyclic) bond motifs is 2. The fraction of sp³-hybridized carbons (Fsp3) is 0.500. The summed E-state index contributed by atoms with van der Waals surface area (Å²) in [5.74, 6) is 0.231. The lowest BCUT2D eigenvalue weighted by Crippen LogP contribution is -2.43. The van der Waals surface area contributed by atoms with Gasteiger partial charge >= 0.3 is 6.03 Å². The van der Waals surface area contributed by atoms with Crippen LogP contribution in [0.2, 0.25) is 0 Å². The van der Waals surface area contributed by atoms with E-state index in [2.05, 4.69) is 16.0 Å². The van der Waals surface area contributed by atoms with E-state index >= 15 is 0 Å². The molecule has 1 heterocycles. The molecule has 4 amide bonds. The predicted octanol–water partition coefficient (Wildman–Crippen LogP) is 1.05. The summed E-state index contributed by atoms with van der Waals surface area (Å²) < 4.78 is 0. The summed E-state index contributed by atoms with van der Waals surface area (Å²) in [5.41, 5.74) is 6.32. The molecular weight excluding hydrogens is 320 g/mol. The van der Waals surface area contributed by atoms with Crippen LogP contribution in [0.3, 0.4) is 0 Å². The summed E-state index contributed by atoms with van der Waals surface area (Å²) in [4.78, 5) is 36.2. The molecule has 3 aliphatic rings. The summed E-state index contributed by atoms with van der Waals surface area (Å²) in [7, 11) is 0. The van der Waals surface area contributed by atoms with Gasteiger partial charge in [-0.25, -0.2) is 4.79 Å². The normalized spacial score (nSPS) is 36.2. The second-order valence-corrected chi connectivity index (χ2v) is 7.54. The van der Waals surface area contributed by atoms with E-state index in [0.29, 0.717) is 23.1 Å². The molecule has 5 unspecified atom stereocenters. The molecule has 0 radical (unpaired) electrons. The Kier molecular flexibility index (Phi) is 3.57. The number of hydrogen-bond donors (Lipinski definition) is 4. The van der Waals surface area contributed by atoms with Crippen molar-refractivity contribution in [2.75, 3.05) is 5.32 Å². The maximum Gasteiger partial charge on any atom is 0.322 e. The van der Waals surface area contributed by atoms with Crippen molar-refractivity contribution in [1.82, 2.24) is 10.6 Å². The van der Waals surface area contributed by atoms with Gasteiger partial charge in [0.2, 0.25) is 5.91 Å². The van der Waals surface area contributed by atoms with Gasteiger partial charge in [0.15, 0.2) is 0 Å². The summed E-state index contributed by atoms with van der Waals surface area (Å²) >= 11 is 0. The van der Waals surface area contributed by atoms with Crippen molar-refractivity contribution >= 4 is 23.5 Å². The first-order valence-electron chi connectivity index (χ1n) is 8.69. The van der Waals surface area contributed by atoms with E-state index in [1.165, 1.54) is 0 Å². The lowest BCUT2D eigenvalue weighted by molar-refractivity contribution is -0.123. The standard InChI is InChI=1S/C18H22N4O3/c1-18(16(24)21-17(25)22-18)11-3-2-4-12(8-11)20-15(23)13-9-5-6-10(7-9)14(13)19/h2-4,8-10,13-14H,5-7,19H2,1H3,(H,20,23)(H2,21,22,24,25). The highest BCUT2D eigenvalue weighted by atomic mass is 16.2. The second kappa shape index (κ2) is 5.56. The maximum absolute atomic E-state index is 12.7. The van der Waals surface area contributed by atoms with Crippen LogP contribution < -0.4 is 21.7 Å². The number of rotatable bonds is 3. The molecule has 4 rings (SSSR count). The first kappa shape index (κ1) is 16.1. The number of amides is 4. The minimum atomic E-state index is -1.14. The number of nitrogens with one attached hydrogen (secondary N) is 3. The molecule has 5 atom stereocenters. The lowest BCUT2D eigenvalue weighted by Gasteiger charge is -2.27. The Hall–Kier alpha value is -2.41. The van der Waals surface area contributed by atoms with E-state index in [4.69, 9.17) is 5.73 Å². The zero-order chi connectivity index (χ0) is 17.8. The molecule has 2 aliphatic carbocycles. The molecule has 3 fully saturated rings. The fourth-order valence-electron chi connectivity index (χ4n) is 4.60. The van der Waals surface area contributed by atoms with Gasteiger partial charge in [0.25, 0.3) is 5.91 Å². The molecule has 1 aliphatic heterocycles. The summed E-state index contributed by atoms with van der Waals surface area (Å²) in [6.45, 7) is 1.64. The number of benzene rings is 1. The molecule has 5 N–H and O–H groups in total. The zero-order valence-corrected chi connectivity index (χ0v) is 14.0. The van der Waals surface area contributed by atoms with Gasteiger partial charge < -0.3 is 16.4 Å². The Morgan fingerprint density at radius 2 is 2.04 bits per heavy atom. The van der Waals surface area contributed by atoms with Crippen LogP contribution in [0.15, 0.2) is 24.3 Å². The van der Waals surface area contributed by atoms with Crippen LogP contribution in [0, 0.1) is 17.8 Å². The van der Waals surface area contributed by atoms with Crippen LogP contribution in [0.25, 0.3) is 0 Å². The molecule has 1 aromatic rings. The minimum Gasteiger partial charge on any atom is -0.327 e. The van der Waals surface area contributed by atoms with Crippen LogP contribution in [0.1, 0.15) is 31.7 Å². The van der Waals surface area contributed by atoms with Crippen molar-refractivity contribution < 1.29 is 14.4 Å². The molecule has 2 bridgehead atoms. The van der Waals surface area contributed by atoms with Gasteiger partial charge in [-0.3, -0.25) is 14.9 Å². The third-order valence-corrected chi connectivity index (χ3v) is 6.04. The Morgan fingerprint density at radius 3 is 2.68 bits per heavy atom. The number of hydrogen-bond acceptors (Lipinski definition) is 4. The largest absolute Gasteiger partial charge is 0.327 e. The van der Waals surface area contributed by atoms with Crippen LogP contribution in [-0.2, 0) is 15.1 Å². The lowest BCUT2D eigenvalue weighted by atomic mass is 9.84. The average Bonchev–Trinajstić information content (AvgIpc) is 3.22. The SMILES string of the molecule is CC1(c2cccc(NC(=O)C3C4CCC(C4)C3N)c2)NC(=O)NC1=O. The third kappa shape index (κ3) is 2.50. The topological polar surface area (TPSA) is 113 Å². The monoisotopic (exact) mass is 342 g/mol.